The normalized spacial score (nSPS) is 8.72. The van der Waals surface area contributed by atoms with Crippen LogP contribution in [0.5, 0.6) is 0 Å². The lowest BCUT2D eigenvalue weighted by Gasteiger charge is -2.10. The Morgan fingerprint density at radius 1 is 1.08 bits per heavy atom. The Labute approximate surface area is 144 Å². The Bertz CT molecular complexity index is 901. The molecule has 7 nitrogen and oxygen atoms in total. The standard InChI is InChI=1S/C18H11N4O3/c1-2-7-25-18(24)15-6-4-3-5-14(15)17(23)16(12(8-19)9-20)13(10-21)11-22/h3-6H,2,7H2,1H3/q-1. The summed E-state index contributed by atoms with van der Waals surface area (Å²) < 4.78 is 5.00. The molecule has 0 radical (unpaired) electrons. The number of rotatable bonds is 6. The number of nitriles is 3. The van der Waals surface area contributed by atoms with Gasteiger partial charge in [-0.25, -0.2) is 10.7 Å². The van der Waals surface area contributed by atoms with Crippen LogP contribution in [0.25, 0.3) is 5.41 Å². The lowest BCUT2D eigenvalue weighted by Crippen LogP contribution is -2.15. The number of nitrogens with zero attached hydrogens (tertiary/aromatic N) is 4. The van der Waals surface area contributed by atoms with Gasteiger partial charge in [0.2, 0.25) is 0 Å². The van der Waals surface area contributed by atoms with Crippen LogP contribution in [0.1, 0.15) is 34.1 Å². The monoisotopic (exact) mass is 331 g/mol. The molecule has 0 aromatic heterocycles. The second-order valence-corrected chi connectivity index (χ2v) is 4.58. The van der Waals surface area contributed by atoms with Gasteiger partial charge in [-0.05, 0) is 12.5 Å². The van der Waals surface area contributed by atoms with Crippen molar-refractivity contribution >= 4 is 17.6 Å². The minimum atomic E-state index is -0.944. The summed E-state index contributed by atoms with van der Waals surface area (Å²) in [5.41, 5.74) is -2.24. The smallest absolute Gasteiger partial charge is 0.338 e. The molecular formula is C18H11N4O3-. The van der Waals surface area contributed by atoms with Gasteiger partial charge < -0.3 is 10.1 Å². The average Bonchev–Trinajstić information content (AvgIpc) is 2.66. The Morgan fingerprint density at radius 2 is 1.68 bits per heavy atom. The molecule has 0 aliphatic heterocycles. The number of ketones is 1. The van der Waals surface area contributed by atoms with E-state index in [-0.39, 0.29) is 17.7 Å². The van der Waals surface area contributed by atoms with Crippen LogP contribution in [0.2, 0.25) is 0 Å². The lowest BCUT2D eigenvalue weighted by molar-refractivity contribution is 0.0502. The number of carbonyl (C=O) groups is 2. The van der Waals surface area contributed by atoms with Crippen LogP contribution in [-0.4, -0.2) is 24.2 Å². The maximum Gasteiger partial charge on any atom is 0.338 e. The second-order valence-electron chi connectivity index (χ2n) is 4.58. The largest absolute Gasteiger partial charge is 0.762 e. The number of ether oxygens (including phenoxy) is 1. The van der Waals surface area contributed by atoms with E-state index in [1.165, 1.54) is 48.3 Å². The maximum absolute atomic E-state index is 12.8. The van der Waals surface area contributed by atoms with E-state index in [1.54, 1.807) is 6.92 Å². The van der Waals surface area contributed by atoms with Crippen molar-refractivity contribution in [1.29, 1.82) is 15.8 Å². The fraction of sp³-hybridized carbons (Fsp3) is 0.167. The van der Waals surface area contributed by atoms with Gasteiger partial charge in [0.1, 0.15) is 23.8 Å². The molecule has 0 aliphatic rings. The summed E-state index contributed by atoms with van der Waals surface area (Å²) >= 11 is 0. The highest BCUT2D eigenvalue weighted by atomic mass is 16.5. The zero-order valence-corrected chi connectivity index (χ0v) is 13.2. The molecule has 1 aromatic carbocycles. The topological polar surface area (TPSA) is 137 Å². The van der Waals surface area contributed by atoms with E-state index in [9.17, 15) is 9.59 Å². The van der Waals surface area contributed by atoms with Crippen molar-refractivity contribution in [3.8, 4) is 18.2 Å². The van der Waals surface area contributed by atoms with E-state index in [2.05, 4.69) is 0 Å². The van der Waals surface area contributed by atoms with E-state index in [0.29, 0.717) is 6.42 Å². The van der Waals surface area contributed by atoms with Crippen LogP contribution in [-0.2, 0) is 4.74 Å². The SMILES string of the molecule is CCCOC(=O)c1ccccc1C(=O)C(C(=C=[N-])C#N)=C(C#N)C#N. The lowest BCUT2D eigenvalue weighted by atomic mass is 9.91. The molecule has 1 aromatic rings. The molecule has 25 heavy (non-hydrogen) atoms. The molecule has 0 heterocycles. The minimum Gasteiger partial charge on any atom is -0.762 e. The number of hydrogen-bond donors (Lipinski definition) is 0. The first kappa shape index (κ1) is 19.1. The van der Waals surface area contributed by atoms with Crippen molar-refractivity contribution in [3.63, 3.8) is 0 Å². The van der Waals surface area contributed by atoms with Gasteiger partial charge >= 0.3 is 5.97 Å². The quantitative estimate of drug-likeness (QED) is 0.196. The summed E-state index contributed by atoms with van der Waals surface area (Å²) in [6.45, 7) is 1.96. The highest BCUT2D eigenvalue weighted by Gasteiger charge is 2.25. The Balaban J connectivity index is 3.59. The first-order chi connectivity index (χ1) is 12.0. The van der Waals surface area contributed by atoms with Crippen molar-refractivity contribution in [2.24, 2.45) is 0 Å². The van der Waals surface area contributed by atoms with Crippen LogP contribution < -0.4 is 0 Å². The fourth-order valence-electron chi connectivity index (χ4n) is 1.89. The number of carbonyl (C=O) groups excluding carboxylic acids is 2. The summed E-state index contributed by atoms with van der Waals surface area (Å²) in [4.78, 5) is 24.9. The third-order valence-corrected chi connectivity index (χ3v) is 3.00. The Kier molecular flexibility index (Phi) is 7.04. The molecule has 122 valence electrons. The van der Waals surface area contributed by atoms with Crippen molar-refractivity contribution < 1.29 is 14.3 Å². The van der Waals surface area contributed by atoms with Crippen LogP contribution in [0.3, 0.4) is 0 Å². The van der Waals surface area contributed by atoms with Gasteiger partial charge in [-0.15, -0.1) is 0 Å². The van der Waals surface area contributed by atoms with Gasteiger partial charge in [-0.1, -0.05) is 25.1 Å². The zero-order valence-electron chi connectivity index (χ0n) is 13.2. The predicted molar refractivity (Wildman–Crippen MR) is 87.1 cm³/mol. The van der Waals surface area contributed by atoms with E-state index in [4.69, 9.17) is 25.9 Å². The van der Waals surface area contributed by atoms with Gasteiger partial charge in [0.25, 0.3) is 0 Å². The Hall–Kier alpha value is -3.98. The molecule has 0 N–H and O–H groups in total. The van der Waals surface area contributed by atoms with Crippen LogP contribution in [0, 0.1) is 34.0 Å². The summed E-state index contributed by atoms with van der Waals surface area (Å²) in [7, 11) is 0. The molecule has 0 aliphatic carbocycles. The number of Topliss-reactive ketones (excluding diaryl/α,β-unsaturated/α-hetero) is 1. The average molecular weight is 331 g/mol. The maximum atomic E-state index is 12.8. The van der Waals surface area contributed by atoms with Gasteiger partial charge in [0, 0.05) is 5.56 Å². The van der Waals surface area contributed by atoms with E-state index >= 15 is 0 Å². The van der Waals surface area contributed by atoms with Gasteiger partial charge in [0.15, 0.2) is 5.78 Å². The third kappa shape index (κ3) is 4.27. The fourth-order valence-corrected chi connectivity index (χ4v) is 1.89. The summed E-state index contributed by atoms with van der Waals surface area (Å²) in [6, 6.07) is 10.1. The molecule has 7 heteroatoms. The predicted octanol–water partition coefficient (Wildman–Crippen LogP) is 2.47. The third-order valence-electron chi connectivity index (χ3n) is 3.00. The van der Waals surface area contributed by atoms with E-state index in [0.717, 1.165) is 0 Å². The molecule has 1 rings (SSSR count). The Morgan fingerprint density at radius 3 is 2.16 bits per heavy atom. The first-order valence-electron chi connectivity index (χ1n) is 7.08. The minimum absolute atomic E-state index is 0.0797. The molecule has 0 fully saturated rings. The summed E-state index contributed by atoms with van der Waals surface area (Å²) in [5.74, 6) is -0.205. The molecule has 0 amide bonds. The summed E-state index contributed by atoms with van der Waals surface area (Å²) in [6.07, 6.45) is 0.584. The molecule has 0 saturated carbocycles. The van der Waals surface area contributed by atoms with E-state index < -0.39 is 28.5 Å². The van der Waals surface area contributed by atoms with Crippen molar-refractivity contribution in [1.82, 2.24) is 0 Å². The summed E-state index contributed by atoms with van der Waals surface area (Å²) in [5, 5.41) is 36.1. The van der Waals surface area contributed by atoms with Crippen molar-refractivity contribution in [2.75, 3.05) is 6.61 Å². The number of esters is 1. The van der Waals surface area contributed by atoms with E-state index in [1.807, 2.05) is 0 Å². The number of benzene rings is 1. The molecule has 0 unspecified atom stereocenters. The molecule has 0 bridgehead atoms. The number of allylic oxidation sites excluding steroid dienone is 3. The van der Waals surface area contributed by atoms with Gasteiger partial charge in [0.05, 0.1) is 23.3 Å². The first-order valence-corrected chi connectivity index (χ1v) is 7.08. The van der Waals surface area contributed by atoms with Crippen LogP contribution in [0.15, 0.2) is 41.0 Å². The zero-order chi connectivity index (χ0) is 18.8. The van der Waals surface area contributed by atoms with Crippen LogP contribution in [0.4, 0.5) is 0 Å². The highest BCUT2D eigenvalue weighted by molar-refractivity contribution is 6.19. The highest BCUT2D eigenvalue weighted by Crippen LogP contribution is 2.21. The van der Waals surface area contributed by atoms with Gasteiger partial charge in [-0.2, -0.15) is 15.8 Å². The molecule has 0 atom stereocenters. The van der Waals surface area contributed by atoms with Crippen molar-refractivity contribution in [3.05, 3.63) is 57.5 Å². The number of hydrogen-bond acceptors (Lipinski definition) is 6. The molecule has 0 saturated heterocycles. The van der Waals surface area contributed by atoms with Crippen molar-refractivity contribution in [2.45, 2.75) is 13.3 Å². The van der Waals surface area contributed by atoms with Gasteiger partial charge in [-0.3, -0.25) is 4.79 Å². The molecular weight excluding hydrogens is 320 g/mol. The molecule has 0 spiro atoms. The van der Waals surface area contributed by atoms with Crippen LogP contribution >= 0.6 is 0 Å². The second kappa shape index (κ2) is 9.22.